The van der Waals surface area contributed by atoms with Gasteiger partial charge < -0.3 is 0 Å². The molecule has 1 fully saturated rings. The van der Waals surface area contributed by atoms with Crippen LogP contribution in [0.5, 0.6) is 0 Å². The van der Waals surface area contributed by atoms with Crippen molar-refractivity contribution in [3.8, 4) is 0 Å². The summed E-state index contributed by atoms with van der Waals surface area (Å²) in [6.07, 6.45) is 1.88. The van der Waals surface area contributed by atoms with Gasteiger partial charge in [0.05, 0.1) is 0 Å². The van der Waals surface area contributed by atoms with Crippen LogP contribution in [0, 0.1) is 12.8 Å². The topological polar surface area (TPSA) is 50.3 Å². The van der Waals surface area contributed by atoms with Gasteiger partial charge in [0.1, 0.15) is 5.82 Å². The molecule has 2 rings (SSSR count). The van der Waals surface area contributed by atoms with E-state index >= 15 is 0 Å². The molecule has 1 aliphatic rings. The second-order valence-electron chi connectivity index (χ2n) is 3.96. The fourth-order valence-electron chi connectivity index (χ4n) is 1.67. The molecule has 2 heterocycles. The molecule has 0 N–H and O–H groups in total. The zero-order valence-electron chi connectivity index (χ0n) is 9.03. The molecule has 0 spiro atoms. The van der Waals surface area contributed by atoms with Gasteiger partial charge in [0.15, 0.2) is 0 Å². The van der Waals surface area contributed by atoms with Crippen molar-refractivity contribution >= 4 is 33.6 Å². The SMILES string of the molecule is Cc1cc(N2C(=O)CC(C)C2=O)ncc1Br. The van der Waals surface area contributed by atoms with Gasteiger partial charge in [-0.25, -0.2) is 9.88 Å². The van der Waals surface area contributed by atoms with Crippen LogP contribution in [0.25, 0.3) is 0 Å². The van der Waals surface area contributed by atoms with Crippen LogP contribution in [-0.2, 0) is 9.59 Å². The number of carbonyl (C=O) groups excluding carboxylic acids is 2. The van der Waals surface area contributed by atoms with Crippen molar-refractivity contribution in [1.29, 1.82) is 0 Å². The molecule has 5 heteroatoms. The van der Waals surface area contributed by atoms with E-state index in [1.54, 1.807) is 19.2 Å². The Bertz CT molecular complexity index is 473. The molecule has 1 aliphatic heterocycles. The highest BCUT2D eigenvalue weighted by atomic mass is 79.9. The van der Waals surface area contributed by atoms with Gasteiger partial charge in [0, 0.05) is 23.0 Å². The first-order chi connectivity index (χ1) is 7.50. The number of halogens is 1. The molecule has 1 saturated heterocycles. The number of hydrogen-bond acceptors (Lipinski definition) is 3. The van der Waals surface area contributed by atoms with Crippen LogP contribution < -0.4 is 4.90 Å². The summed E-state index contributed by atoms with van der Waals surface area (Å²) in [6, 6.07) is 1.73. The Morgan fingerprint density at radius 2 is 2.19 bits per heavy atom. The number of nitrogens with zero attached hydrogens (tertiary/aromatic N) is 2. The molecule has 0 saturated carbocycles. The second kappa shape index (κ2) is 3.97. The molecule has 84 valence electrons. The Morgan fingerprint density at radius 3 is 2.69 bits per heavy atom. The highest BCUT2D eigenvalue weighted by molar-refractivity contribution is 9.10. The van der Waals surface area contributed by atoms with Gasteiger partial charge in [-0.05, 0) is 34.5 Å². The van der Waals surface area contributed by atoms with Gasteiger partial charge in [-0.2, -0.15) is 0 Å². The van der Waals surface area contributed by atoms with Gasteiger partial charge in [-0.3, -0.25) is 9.59 Å². The Morgan fingerprint density at radius 1 is 1.50 bits per heavy atom. The number of aryl methyl sites for hydroxylation is 1. The first-order valence-electron chi connectivity index (χ1n) is 4.99. The third kappa shape index (κ3) is 1.75. The van der Waals surface area contributed by atoms with Crippen molar-refractivity contribution in [1.82, 2.24) is 4.98 Å². The van der Waals surface area contributed by atoms with Crippen molar-refractivity contribution in [2.45, 2.75) is 20.3 Å². The number of anilines is 1. The molecule has 1 unspecified atom stereocenters. The summed E-state index contributed by atoms with van der Waals surface area (Å²) in [4.78, 5) is 28.7. The van der Waals surface area contributed by atoms with Crippen molar-refractivity contribution in [2.24, 2.45) is 5.92 Å². The predicted molar refractivity (Wildman–Crippen MR) is 62.9 cm³/mol. The van der Waals surface area contributed by atoms with Crippen LogP contribution in [0.4, 0.5) is 5.82 Å². The highest BCUT2D eigenvalue weighted by Gasteiger charge is 2.37. The monoisotopic (exact) mass is 282 g/mol. The van der Waals surface area contributed by atoms with E-state index in [9.17, 15) is 9.59 Å². The van der Waals surface area contributed by atoms with Crippen LogP contribution in [0.15, 0.2) is 16.7 Å². The van der Waals surface area contributed by atoms with Crippen LogP contribution >= 0.6 is 15.9 Å². The molecule has 1 aromatic heterocycles. The molecule has 2 amide bonds. The molecule has 0 bridgehead atoms. The Balaban J connectivity index is 2.41. The lowest BCUT2D eigenvalue weighted by Crippen LogP contribution is -2.30. The molecular weight excluding hydrogens is 272 g/mol. The Hall–Kier alpha value is -1.23. The fraction of sp³-hybridized carbons (Fsp3) is 0.364. The number of carbonyl (C=O) groups is 2. The third-order valence-corrected chi connectivity index (χ3v) is 3.46. The lowest BCUT2D eigenvalue weighted by Gasteiger charge is -2.13. The maximum Gasteiger partial charge on any atom is 0.238 e. The fourth-order valence-corrected chi connectivity index (χ4v) is 1.89. The summed E-state index contributed by atoms with van der Waals surface area (Å²) >= 11 is 3.33. The summed E-state index contributed by atoms with van der Waals surface area (Å²) in [6.45, 7) is 3.65. The third-order valence-electron chi connectivity index (χ3n) is 2.63. The summed E-state index contributed by atoms with van der Waals surface area (Å²) in [5, 5.41) is 0. The van der Waals surface area contributed by atoms with Gasteiger partial charge >= 0.3 is 0 Å². The van der Waals surface area contributed by atoms with Crippen molar-refractivity contribution in [3.63, 3.8) is 0 Å². The lowest BCUT2D eigenvalue weighted by atomic mass is 10.1. The molecule has 4 nitrogen and oxygen atoms in total. The number of imide groups is 1. The maximum atomic E-state index is 11.8. The summed E-state index contributed by atoms with van der Waals surface area (Å²) in [5.41, 5.74) is 0.949. The maximum absolute atomic E-state index is 11.8. The van der Waals surface area contributed by atoms with E-state index in [1.807, 2.05) is 6.92 Å². The summed E-state index contributed by atoms with van der Waals surface area (Å²) in [7, 11) is 0. The molecule has 0 aromatic carbocycles. The van der Waals surface area contributed by atoms with E-state index in [4.69, 9.17) is 0 Å². The first kappa shape index (κ1) is 11.3. The molecular formula is C11H11BrN2O2. The van der Waals surface area contributed by atoms with Crippen molar-refractivity contribution < 1.29 is 9.59 Å². The normalized spacial score (nSPS) is 20.7. The molecule has 0 aliphatic carbocycles. The van der Waals surface area contributed by atoms with Crippen LogP contribution in [-0.4, -0.2) is 16.8 Å². The van der Waals surface area contributed by atoms with Crippen molar-refractivity contribution in [2.75, 3.05) is 4.90 Å². The van der Waals surface area contributed by atoms with E-state index in [1.165, 1.54) is 4.90 Å². The minimum Gasteiger partial charge on any atom is -0.274 e. The average Bonchev–Trinajstić information content (AvgIpc) is 2.47. The number of rotatable bonds is 1. The number of amides is 2. The highest BCUT2D eigenvalue weighted by Crippen LogP contribution is 2.26. The molecule has 0 radical (unpaired) electrons. The standard InChI is InChI=1S/C11H11BrN2O2/c1-6-3-9(13-5-8(6)12)14-10(15)4-7(2)11(14)16/h3,5,7H,4H2,1-2H3. The smallest absolute Gasteiger partial charge is 0.238 e. The van der Waals surface area contributed by atoms with Crippen molar-refractivity contribution in [3.05, 3.63) is 22.3 Å². The quantitative estimate of drug-likeness (QED) is 0.741. The second-order valence-corrected chi connectivity index (χ2v) is 4.82. The van der Waals surface area contributed by atoms with E-state index in [-0.39, 0.29) is 24.2 Å². The minimum absolute atomic E-state index is 0.167. The Kier molecular flexibility index (Phi) is 2.80. The number of aromatic nitrogens is 1. The molecule has 1 atom stereocenters. The molecule has 16 heavy (non-hydrogen) atoms. The van der Waals surface area contributed by atoms with Gasteiger partial charge in [-0.1, -0.05) is 6.92 Å². The largest absolute Gasteiger partial charge is 0.274 e. The predicted octanol–water partition coefficient (Wildman–Crippen LogP) is 2.05. The summed E-state index contributed by atoms with van der Waals surface area (Å²) < 4.78 is 0.864. The van der Waals surface area contributed by atoms with Gasteiger partial charge in [-0.15, -0.1) is 0 Å². The minimum atomic E-state index is -0.238. The lowest BCUT2D eigenvalue weighted by molar-refractivity contribution is -0.122. The summed E-state index contributed by atoms with van der Waals surface area (Å²) in [5.74, 6) is -0.163. The van der Waals surface area contributed by atoms with E-state index in [2.05, 4.69) is 20.9 Å². The van der Waals surface area contributed by atoms with Crippen LogP contribution in [0.2, 0.25) is 0 Å². The van der Waals surface area contributed by atoms with Gasteiger partial charge in [0.2, 0.25) is 11.8 Å². The number of pyridine rings is 1. The van der Waals surface area contributed by atoms with E-state index < -0.39 is 0 Å². The zero-order valence-corrected chi connectivity index (χ0v) is 10.6. The average molecular weight is 283 g/mol. The van der Waals surface area contributed by atoms with E-state index in [0.717, 1.165) is 10.0 Å². The van der Waals surface area contributed by atoms with E-state index in [0.29, 0.717) is 5.82 Å². The van der Waals surface area contributed by atoms with Crippen LogP contribution in [0.3, 0.4) is 0 Å². The molecule has 1 aromatic rings. The van der Waals surface area contributed by atoms with Gasteiger partial charge in [0.25, 0.3) is 0 Å². The first-order valence-corrected chi connectivity index (χ1v) is 5.79. The number of hydrogen-bond donors (Lipinski definition) is 0. The Labute approximate surface area is 102 Å². The van der Waals surface area contributed by atoms with Crippen LogP contribution in [0.1, 0.15) is 18.9 Å². The zero-order chi connectivity index (χ0) is 11.9.